The fourth-order valence-corrected chi connectivity index (χ4v) is 4.26. The number of hydrogen-bond acceptors (Lipinski definition) is 3. The SMILES string of the molecule is O=C(CSc1ccccc1Cl)N1CCCN(C(=O)Nc2cccc(Cl)c2)CC1. The molecule has 0 atom stereocenters. The summed E-state index contributed by atoms with van der Waals surface area (Å²) in [5.74, 6) is 0.389. The highest BCUT2D eigenvalue weighted by atomic mass is 35.5. The molecule has 0 saturated carbocycles. The van der Waals surface area contributed by atoms with Gasteiger partial charge in [-0.1, -0.05) is 41.4 Å². The summed E-state index contributed by atoms with van der Waals surface area (Å²) in [4.78, 5) is 29.5. The van der Waals surface area contributed by atoms with Crippen LogP contribution in [0.5, 0.6) is 0 Å². The molecule has 1 heterocycles. The lowest BCUT2D eigenvalue weighted by Crippen LogP contribution is -2.39. The Labute approximate surface area is 179 Å². The number of amides is 3. The number of benzene rings is 2. The number of carbonyl (C=O) groups excluding carboxylic acids is 2. The topological polar surface area (TPSA) is 52.7 Å². The first kappa shape index (κ1) is 20.8. The minimum absolute atomic E-state index is 0.0574. The summed E-state index contributed by atoms with van der Waals surface area (Å²) in [6.07, 6.45) is 0.742. The van der Waals surface area contributed by atoms with Gasteiger partial charge in [-0.3, -0.25) is 4.79 Å². The molecule has 2 aromatic rings. The Balaban J connectivity index is 1.50. The number of urea groups is 1. The molecule has 0 radical (unpaired) electrons. The van der Waals surface area contributed by atoms with Gasteiger partial charge in [-0.25, -0.2) is 4.79 Å². The van der Waals surface area contributed by atoms with E-state index >= 15 is 0 Å². The molecular formula is C20H21Cl2N3O2S. The summed E-state index contributed by atoms with van der Waals surface area (Å²) in [7, 11) is 0. The lowest BCUT2D eigenvalue weighted by Gasteiger charge is -2.22. The van der Waals surface area contributed by atoms with E-state index in [1.54, 1.807) is 29.2 Å². The molecule has 1 fully saturated rings. The second-order valence-corrected chi connectivity index (χ2v) is 8.24. The molecule has 1 aliphatic rings. The van der Waals surface area contributed by atoms with Crippen molar-refractivity contribution in [1.82, 2.24) is 9.80 Å². The van der Waals surface area contributed by atoms with Crippen LogP contribution in [0, 0.1) is 0 Å². The van der Waals surface area contributed by atoms with E-state index in [2.05, 4.69) is 5.32 Å². The maximum Gasteiger partial charge on any atom is 0.321 e. The predicted octanol–water partition coefficient (Wildman–Crippen LogP) is 4.85. The highest BCUT2D eigenvalue weighted by Crippen LogP contribution is 2.26. The van der Waals surface area contributed by atoms with E-state index in [1.165, 1.54) is 11.8 Å². The van der Waals surface area contributed by atoms with E-state index in [1.807, 2.05) is 29.2 Å². The second kappa shape index (κ2) is 10.0. The molecular weight excluding hydrogens is 417 g/mol. The van der Waals surface area contributed by atoms with Gasteiger partial charge in [0.05, 0.1) is 10.8 Å². The van der Waals surface area contributed by atoms with Crippen LogP contribution < -0.4 is 5.32 Å². The van der Waals surface area contributed by atoms with Gasteiger partial charge in [-0.05, 0) is 36.8 Å². The van der Waals surface area contributed by atoms with E-state index < -0.39 is 0 Å². The van der Waals surface area contributed by atoms with Gasteiger partial charge in [0.2, 0.25) is 5.91 Å². The molecule has 3 amide bonds. The van der Waals surface area contributed by atoms with Crippen LogP contribution >= 0.6 is 35.0 Å². The van der Waals surface area contributed by atoms with Gasteiger partial charge >= 0.3 is 6.03 Å². The zero-order valence-electron chi connectivity index (χ0n) is 15.2. The fraction of sp³-hybridized carbons (Fsp3) is 0.300. The molecule has 0 spiro atoms. The molecule has 0 aliphatic carbocycles. The molecule has 1 N–H and O–H groups in total. The molecule has 2 aromatic carbocycles. The molecule has 0 bridgehead atoms. The van der Waals surface area contributed by atoms with Gasteiger partial charge in [-0.15, -0.1) is 11.8 Å². The lowest BCUT2D eigenvalue weighted by atomic mass is 10.3. The number of rotatable bonds is 4. The standard InChI is InChI=1S/C20H21Cl2N3O2S/c21-15-5-3-6-16(13-15)23-20(27)25-10-4-9-24(11-12-25)19(26)14-28-18-8-2-1-7-17(18)22/h1-3,5-8,13H,4,9-12,14H2,(H,23,27). The molecule has 1 aliphatic heterocycles. The number of halogens is 2. The van der Waals surface area contributed by atoms with Crippen molar-refractivity contribution in [3.8, 4) is 0 Å². The Morgan fingerprint density at radius 1 is 0.964 bits per heavy atom. The highest BCUT2D eigenvalue weighted by Gasteiger charge is 2.22. The van der Waals surface area contributed by atoms with Crippen molar-refractivity contribution < 1.29 is 9.59 Å². The van der Waals surface area contributed by atoms with Crippen molar-refractivity contribution in [1.29, 1.82) is 0 Å². The predicted molar refractivity (Wildman–Crippen MR) is 115 cm³/mol. The minimum atomic E-state index is -0.179. The Morgan fingerprint density at radius 3 is 2.50 bits per heavy atom. The van der Waals surface area contributed by atoms with Crippen molar-refractivity contribution >= 4 is 52.6 Å². The van der Waals surface area contributed by atoms with Crippen molar-refractivity contribution in [2.45, 2.75) is 11.3 Å². The first-order chi connectivity index (χ1) is 13.5. The van der Waals surface area contributed by atoms with Gasteiger partial charge in [0, 0.05) is 41.8 Å². The van der Waals surface area contributed by atoms with Crippen molar-refractivity contribution in [2.24, 2.45) is 0 Å². The molecule has 1 saturated heterocycles. The molecule has 5 nitrogen and oxygen atoms in total. The lowest BCUT2D eigenvalue weighted by molar-refractivity contribution is -0.128. The zero-order chi connectivity index (χ0) is 19.9. The molecule has 0 unspecified atom stereocenters. The van der Waals surface area contributed by atoms with E-state index in [9.17, 15) is 9.59 Å². The van der Waals surface area contributed by atoms with Crippen molar-refractivity contribution in [3.63, 3.8) is 0 Å². The van der Waals surface area contributed by atoms with Crippen molar-refractivity contribution in [3.05, 3.63) is 58.6 Å². The van der Waals surface area contributed by atoms with Gasteiger partial charge < -0.3 is 15.1 Å². The zero-order valence-corrected chi connectivity index (χ0v) is 17.6. The van der Waals surface area contributed by atoms with Crippen LogP contribution in [-0.2, 0) is 4.79 Å². The first-order valence-electron chi connectivity index (χ1n) is 8.99. The Hall–Kier alpha value is -1.89. The summed E-state index contributed by atoms with van der Waals surface area (Å²) < 4.78 is 0. The van der Waals surface area contributed by atoms with Gasteiger partial charge in [-0.2, -0.15) is 0 Å². The molecule has 8 heteroatoms. The average Bonchev–Trinajstić information content (AvgIpc) is 2.93. The third kappa shape index (κ3) is 5.80. The number of nitrogens with one attached hydrogen (secondary N) is 1. The van der Waals surface area contributed by atoms with Gasteiger partial charge in [0.25, 0.3) is 0 Å². The number of carbonyl (C=O) groups is 2. The van der Waals surface area contributed by atoms with E-state index in [-0.39, 0.29) is 11.9 Å². The smallest absolute Gasteiger partial charge is 0.321 e. The molecule has 28 heavy (non-hydrogen) atoms. The van der Waals surface area contributed by atoms with E-state index in [0.29, 0.717) is 47.7 Å². The van der Waals surface area contributed by atoms with Crippen molar-refractivity contribution in [2.75, 3.05) is 37.2 Å². The molecule has 148 valence electrons. The monoisotopic (exact) mass is 437 g/mol. The van der Waals surface area contributed by atoms with Crippen LogP contribution in [0.3, 0.4) is 0 Å². The summed E-state index contributed by atoms with van der Waals surface area (Å²) in [6.45, 7) is 2.26. The first-order valence-corrected chi connectivity index (χ1v) is 10.7. The summed E-state index contributed by atoms with van der Waals surface area (Å²) in [5.41, 5.74) is 0.658. The average molecular weight is 438 g/mol. The summed E-state index contributed by atoms with van der Waals surface area (Å²) in [5, 5.41) is 4.08. The molecule has 3 rings (SSSR count). The van der Waals surface area contributed by atoms with Crippen LogP contribution in [0.1, 0.15) is 6.42 Å². The minimum Gasteiger partial charge on any atom is -0.340 e. The van der Waals surface area contributed by atoms with Crippen LogP contribution in [-0.4, -0.2) is 53.7 Å². The number of anilines is 1. The molecule has 0 aromatic heterocycles. The van der Waals surface area contributed by atoms with Gasteiger partial charge in [0.1, 0.15) is 0 Å². The third-order valence-corrected chi connectivity index (χ3v) is 6.13. The van der Waals surface area contributed by atoms with Crippen LogP contribution in [0.2, 0.25) is 10.0 Å². The Bertz CT molecular complexity index is 850. The largest absolute Gasteiger partial charge is 0.340 e. The van der Waals surface area contributed by atoms with E-state index in [4.69, 9.17) is 23.2 Å². The van der Waals surface area contributed by atoms with Crippen LogP contribution in [0.25, 0.3) is 0 Å². The quantitative estimate of drug-likeness (QED) is 0.695. The summed E-state index contributed by atoms with van der Waals surface area (Å²) >= 11 is 13.5. The maximum atomic E-state index is 12.6. The summed E-state index contributed by atoms with van der Waals surface area (Å²) in [6, 6.07) is 14.4. The normalized spacial score (nSPS) is 14.5. The van der Waals surface area contributed by atoms with Crippen LogP contribution in [0.4, 0.5) is 10.5 Å². The Kier molecular flexibility index (Phi) is 7.48. The Morgan fingerprint density at radius 2 is 1.71 bits per heavy atom. The van der Waals surface area contributed by atoms with Crippen LogP contribution in [0.15, 0.2) is 53.4 Å². The number of nitrogens with zero attached hydrogens (tertiary/aromatic N) is 2. The second-order valence-electron chi connectivity index (χ2n) is 6.38. The third-order valence-electron chi connectivity index (χ3n) is 4.40. The number of thioether (sulfide) groups is 1. The number of hydrogen-bond donors (Lipinski definition) is 1. The van der Waals surface area contributed by atoms with Gasteiger partial charge in [0.15, 0.2) is 0 Å². The maximum absolute atomic E-state index is 12.6. The fourth-order valence-electron chi connectivity index (χ4n) is 2.93. The van der Waals surface area contributed by atoms with E-state index in [0.717, 1.165) is 11.3 Å². The highest BCUT2D eigenvalue weighted by molar-refractivity contribution is 8.00.